The van der Waals surface area contributed by atoms with Crippen molar-refractivity contribution in [3.8, 4) is 17.0 Å². The van der Waals surface area contributed by atoms with Crippen molar-refractivity contribution in [2.24, 2.45) is 11.8 Å². The van der Waals surface area contributed by atoms with E-state index in [1.807, 2.05) is 88.4 Å². The predicted molar refractivity (Wildman–Crippen MR) is 228 cm³/mol. The van der Waals surface area contributed by atoms with Gasteiger partial charge in [0.15, 0.2) is 0 Å². The normalized spacial score (nSPS) is 19.0. The number of benzene rings is 3. The van der Waals surface area contributed by atoms with Crippen LogP contribution in [0.25, 0.3) is 22.2 Å². The fourth-order valence-electron chi connectivity index (χ4n) is 8.50. The number of nitrogens with zero attached hydrogens (tertiary/aromatic N) is 3. The van der Waals surface area contributed by atoms with Crippen molar-refractivity contribution in [1.82, 2.24) is 25.0 Å². The zero-order chi connectivity index (χ0) is 43.5. The molecular weight excluding hydrogens is 783 g/mol. The van der Waals surface area contributed by atoms with Crippen molar-refractivity contribution in [2.75, 3.05) is 37.9 Å². The average Bonchev–Trinajstić information content (AvgIpc) is 4.03. The Labute approximate surface area is 354 Å². The molecule has 1 unspecified atom stereocenters. The summed E-state index contributed by atoms with van der Waals surface area (Å²) in [4.78, 5) is 81.9. The van der Waals surface area contributed by atoms with Gasteiger partial charge in [-0.1, -0.05) is 58.0 Å². The molecule has 2 saturated heterocycles. The standard InChI is InChI=1S/C45H53N7O9/c1-25(2)37(48-44(57)59-5)41(55)50-20-10-14-33(50)39(53)46-29-17-19-32-28(22-29)23-35-31-18-16-30(24-36(31)61-43(52(32)35)27-12-8-7-9-13-27)47-40(54)34-15-11-21-51(34)42(56)38(26(3)4)49-45(58)60-6/h7-9,12-13,16-19,22-26,33-34,37-38,43H,10-11,14-15,20-21H2,1-6H3,(H,46,53)(H,47,54)(H,48,57)(H,49,58)/t33-,34-,37?,38-,43+/m0/s1. The molecule has 7 rings (SSSR count). The molecule has 6 amide bonds. The number of aromatic nitrogens is 1. The lowest BCUT2D eigenvalue weighted by molar-refractivity contribution is -0.139. The number of hydrogen-bond donors (Lipinski definition) is 4. The van der Waals surface area contributed by atoms with E-state index in [9.17, 15) is 28.8 Å². The van der Waals surface area contributed by atoms with E-state index >= 15 is 0 Å². The third-order valence-corrected chi connectivity index (χ3v) is 11.6. The Morgan fingerprint density at radius 3 is 1.72 bits per heavy atom. The summed E-state index contributed by atoms with van der Waals surface area (Å²) in [5.41, 5.74) is 4.47. The summed E-state index contributed by atoms with van der Waals surface area (Å²) >= 11 is 0. The summed E-state index contributed by atoms with van der Waals surface area (Å²) in [6, 6.07) is 19.8. The first-order valence-electron chi connectivity index (χ1n) is 20.7. The molecule has 0 spiro atoms. The molecule has 0 radical (unpaired) electrons. The number of carbonyl (C=O) groups is 6. The van der Waals surface area contributed by atoms with E-state index in [1.165, 1.54) is 24.0 Å². The van der Waals surface area contributed by atoms with Crippen LogP contribution in [0.5, 0.6) is 5.75 Å². The molecule has 1 aromatic heterocycles. The molecule has 322 valence electrons. The van der Waals surface area contributed by atoms with E-state index < -0.39 is 42.6 Å². The minimum atomic E-state index is -0.846. The third kappa shape index (κ3) is 8.70. The van der Waals surface area contributed by atoms with Gasteiger partial charge in [0.05, 0.1) is 25.4 Å². The Bertz CT molecular complexity index is 2330. The summed E-state index contributed by atoms with van der Waals surface area (Å²) in [6.07, 6.45) is 0.263. The highest BCUT2D eigenvalue weighted by atomic mass is 16.5. The highest BCUT2D eigenvalue weighted by Crippen LogP contribution is 2.45. The molecule has 4 N–H and O–H groups in total. The first-order valence-corrected chi connectivity index (χ1v) is 20.7. The fourth-order valence-corrected chi connectivity index (χ4v) is 8.50. The zero-order valence-electron chi connectivity index (χ0n) is 35.2. The number of rotatable bonds is 11. The molecule has 2 fully saturated rings. The molecule has 0 bridgehead atoms. The molecule has 3 aromatic carbocycles. The molecular formula is C45H53N7O9. The van der Waals surface area contributed by atoms with Crippen LogP contribution in [0.3, 0.4) is 0 Å². The molecule has 16 nitrogen and oxygen atoms in total. The number of alkyl carbamates (subject to hydrolysis) is 2. The van der Waals surface area contributed by atoms with Crippen molar-refractivity contribution in [1.29, 1.82) is 0 Å². The third-order valence-electron chi connectivity index (χ3n) is 11.6. The van der Waals surface area contributed by atoms with Gasteiger partial charge in [0.25, 0.3) is 0 Å². The summed E-state index contributed by atoms with van der Waals surface area (Å²) in [6.45, 7) is 8.08. The topological polar surface area (TPSA) is 190 Å². The first-order chi connectivity index (χ1) is 29.3. The van der Waals surface area contributed by atoms with Crippen LogP contribution in [0, 0.1) is 11.8 Å². The number of anilines is 2. The molecule has 61 heavy (non-hydrogen) atoms. The van der Waals surface area contributed by atoms with Gasteiger partial charge < -0.3 is 49.8 Å². The second-order valence-corrected chi connectivity index (χ2v) is 16.3. The van der Waals surface area contributed by atoms with Crippen LogP contribution in [-0.4, -0.2) is 102 Å². The Morgan fingerprint density at radius 2 is 1.20 bits per heavy atom. The van der Waals surface area contributed by atoms with Crippen molar-refractivity contribution in [3.63, 3.8) is 0 Å². The van der Waals surface area contributed by atoms with Gasteiger partial charge in [0, 0.05) is 47.0 Å². The van der Waals surface area contributed by atoms with Gasteiger partial charge in [-0.05, 0) is 73.9 Å². The maximum atomic E-state index is 13.8. The number of hydrogen-bond acceptors (Lipinski definition) is 9. The SMILES string of the molecule is COC(=O)NC(C(=O)N1CCC[C@H]1C(=O)Nc1ccc2c(c1)cc1n2[C@@H](c2ccccc2)Oc2cc(NC(=O)[C@@H]3CCCN3C(=O)[C@@H](NC(=O)OC)C(C)C)ccc2-1)C(C)C. The summed E-state index contributed by atoms with van der Waals surface area (Å²) in [5, 5.41) is 12.1. The zero-order valence-corrected chi connectivity index (χ0v) is 35.2. The van der Waals surface area contributed by atoms with E-state index in [2.05, 4.69) is 25.8 Å². The second kappa shape index (κ2) is 18.0. The highest BCUT2D eigenvalue weighted by molar-refractivity contribution is 6.02. The quantitative estimate of drug-likeness (QED) is 0.143. The van der Waals surface area contributed by atoms with Gasteiger partial charge >= 0.3 is 12.2 Å². The highest BCUT2D eigenvalue weighted by Gasteiger charge is 2.41. The van der Waals surface area contributed by atoms with Crippen LogP contribution < -0.4 is 26.0 Å². The first kappa shape index (κ1) is 42.5. The number of ether oxygens (including phenoxy) is 3. The Morgan fingerprint density at radius 1 is 0.672 bits per heavy atom. The van der Waals surface area contributed by atoms with Gasteiger partial charge in [-0.15, -0.1) is 0 Å². The minimum absolute atomic E-state index is 0.222. The number of fused-ring (bicyclic) bond motifs is 5. The number of likely N-dealkylation sites (tertiary alicyclic amines) is 2. The van der Waals surface area contributed by atoms with Crippen molar-refractivity contribution >= 4 is 58.1 Å². The van der Waals surface area contributed by atoms with Crippen LogP contribution in [0.2, 0.25) is 0 Å². The van der Waals surface area contributed by atoms with Gasteiger partial charge in [0.1, 0.15) is 29.9 Å². The average molecular weight is 836 g/mol. The molecule has 0 saturated carbocycles. The lowest BCUT2D eigenvalue weighted by atomic mass is 10.0. The summed E-state index contributed by atoms with van der Waals surface area (Å²) < 4.78 is 18.3. The van der Waals surface area contributed by atoms with Gasteiger partial charge in [-0.2, -0.15) is 0 Å². The Hall–Kier alpha value is -6.58. The molecule has 4 aromatic rings. The van der Waals surface area contributed by atoms with Gasteiger partial charge in [-0.25, -0.2) is 9.59 Å². The Balaban J connectivity index is 1.13. The van der Waals surface area contributed by atoms with E-state index in [1.54, 1.807) is 12.1 Å². The fraction of sp³-hybridized carbons (Fsp3) is 0.422. The van der Waals surface area contributed by atoms with E-state index in [0.717, 1.165) is 27.7 Å². The van der Waals surface area contributed by atoms with Crippen LogP contribution >= 0.6 is 0 Å². The molecule has 4 heterocycles. The summed E-state index contributed by atoms with van der Waals surface area (Å²) in [5.74, 6) is -1.23. The second-order valence-electron chi connectivity index (χ2n) is 16.3. The van der Waals surface area contributed by atoms with E-state index in [0.29, 0.717) is 55.9 Å². The van der Waals surface area contributed by atoms with E-state index in [4.69, 9.17) is 14.2 Å². The van der Waals surface area contributed by atoms with Crippen molar-refractivity contribution in [2.45, 2.75) is 83.8 Å². The Kier molecular flexibility index (Phi) is 12.5. The van der Waals surface area contributed by atoms with Crippen molar-refractivity contribution in [3.05, 3.63) is 78.4 Å². The number of methoxy groups -OCH3 is 2. The summed E-state index contributed by atoms with van der Waals surface area (Å²) in [7, 11) is 2.48. The largest absolute Gasteiger partial charge is 0.465 e. The number of amides is 6. The van der Waals surface area contributed by atoms with Crippen LogP contribution in [-0.2, 0) is 28.7 Å². The van der Waals surface area contributed by atoms with Gasteiger partial charge in [0.2, 0.25) is 29.9 Å². The molecule has 3 aliphatic heterocycles. The maximum absolute atomic E-state index is 13.8. The van der Waals surface area contributed by atoms with Crippen LogP contribution in [0.4, 0.5) is 21.0 Å². The van der Waals surface area contributed by atoms with Crippen LogP contribution in [0.1, 0.15) is 65.2 Å². The predicted octanol–water partition coefficient (Wildman–Crippen LogP) is 5.87. The smallest absolute Gasteiger partial charge is 0.407 e. The van der Waals surface area contributed by atoms with Crippen molar-refractivity contribution < 1.29 is 43.0 Å². The monoisotopic (exact) mass is 835 g/mol. The van der Waals surface area contributed by atoms with E-state index in [-0.39, 0.29) is 35.5 Å². The lowest BCUT2D eigenvalue weighted by Crippen LogP contribution is -2.54. The lowest BCUT2D eigenvalue weighted by Gasteiger charge is -2.31. The minimum Gasteiger partial charge on any atom is -0.465 e. The number of carbonyl (C=O) groups excluding carboxylic acids is 6. The molecule has 5 atom stereocenters. The number of nitrogens with one attached hydrogen (secondary N) is 4. The molecule has 16 heteroatoms. The van der Waals surface area contributed by atoms with Crippen LogP contribution in [0.15, 0.2) is 72.8 Å². The molecule has 0 aliphatic carbocycles. The van der Waals surface area contributed by atoms with Gasteiger partial charge in [-0.3, -0.25) is 19.2 Å². The maximum Gasteiger partial charge on any atom is 0.407 e. The molecule has 3 aliphatic rings.